The minimum atomic E-state index is -0.135. The molecule has 0 aliphatic rings. The number of rotatable bonds is 6. The van der Waals surface area contributed by atoms with E-state index in [0.717, 1.165) is 17.7 Å². The number of anilines is 2. The summed E-state index contributed by atoms with van der Waals surface area (Å²) in [6.45, 7) is 9.03. The topological polar surface area (TPSA) is 66.9 Å². The first-order chi connectivity index (χ1) is 11.0. The lowest BCUT2D eigenvalue weighted by Gasteiger charge is -2.10. The predicted octanol–water partition coefficient (Wildman–Crippen LogP) is 3.61. The molecule has 0 bridgehead atoms. The fourth-order valence-corrected chi connectivity index (χ4v) is 2.09. The van der Waals surface area contributed by atoms with Crippen LogP contribution < -0.4 is 10.6 Å². The Morgan fingerprint density at radius 2 is 1.87 bits per heavy atom. The lowest BCUT2D eigenvalue weighted by molar-refractivity contribution is 0.0951. The second kappa shape index (κ2) is 7.72. The van der Waals surface area contributed by atoms with Crippen LogP contribution in [0.15, 0.2) is 30.6 Å². The standard InChI is InChI=1S/C18H24N4O/c1-12(2)8-9-19-17(23)15-10-20-18(21-11-15)22-16-7-5-6-13(3)14(16)4/h5-7,10-12H,8-9H2,1-4H3,(H,19,23)(H,20,21,22). The SMILES string of the molecule is Cc1cccc(Nc2ncc(C(=O)NCCC(C)C)cn2)c1C. The molecule has 0 saturated heterocycles. The van der Waals surface area contributed by atoms with E-state index < -0.39 is 0 Å². The molecule has 2 rings (SSSR count). The Balaban J connectivity index is 1.99. The van der Waals surface area contributed by atoms with Crippen LogP contribution in [0, 0.1) is 19.8 Å². The predicted molar refractivity (Wildman–Crippen MR) is 93.0 cm³/mol. The van der Waals surface area contributed by atoms with Gasteiger partial charge >= 0.3 is 0 Å². The number of hydrogen-bond donors (Lipinski definition) is 2. The number of carbonyl (C=O) groups excluding carboxylic acids is 1. The minimum Gasteiger partial charge on any atom is -0.352 e. The molecule has 1 amide bonds. The Morgan fingerprint density at radius 3 is 2.52 bits per heavy atom. The van der Waals surface area contributed by atoms with Gasteiger partial charge in [0.1, 0.15) is 0 Å². The number of aromatic nitrogens is 2. The molecule has 0 aliphatic carbocycles. The zero-order valence-corrected chi connectivity index (χ0v) is 14.2. The Morgan fingerprint density at radius 1 is 1.17 bits per heavy atom. The molecule has 0 radical (unpaired) electrons. The van der Waals surface area contributed by atoms with Crippen molar-refractivity contribution in [3.05, 3.63) is 47.3 Å². The summed E-state index contributed by atoms with van der Waals surface area (Å²) in [5.41, 5.74) is 3.81. The van der Waals surface area contributed by atoms with E-state index in [1.807, 2.05) is 19.1 Å². The van der Waals surface area contributed by atoms with Crippen LogP contribution in [-0.4, -0.2) is 22.4 Å². The van der Waals surface area contributed by atoms with Gasteiger partial charge in [0.05, 0.1) is 5.56 Å². The molecular weight excluding hydrogens is 288 g/mol. The molecule has 0 spiro atoms. The molecule has 1 aromatic carbocycles. The number of carbonyl (C=O) groups is 1. The Kier molecular flexibility index (Phi) is 5.68. The van der Waals surface area contributed by atoms with Crippen LogP contribution in [-0.2, 0) is 0 Å². The van der Waals surface area contributed by atoms with Gasteiger partial charge in [-0.3, -0.25) is 4.79 Å². The summed E-state index contributed by atoms with van der Waals surface area (Å²) >= 11 is 0. The lowest BCUT2D eigenvalue weighted by atomic mass is 10.1. The van der Waals surface area contributed by atoms with Gasteiger partial charge in [0.15, 0.2) is 0 Å². The summed E-state index contributed by atoms with van der Waals surface area (Å²) < 4.78 is 0. The molecule has 2 aromatic rings. The van der Waals surface area contributed by atoms with Gasteiger partial charge < -0.3 is 10.6 Å². The highest BCUT2D eigenvalue weighted by Gasteiger charge is 2.08. The second-order valence-corrected chi connectivity index (χ2v) is 6.11. The van der Waals surface area contributed by atoms with E-state index in [-0.39, 0.29) is 5.91 Å². The zero-order valence-electron chi connectivity index (χ0n) is 14.2. The monoisotopic (exact) mass is 312 g/mol. The maximum absolute atomic E-state index is 12.0. The van der Waals surface area contributed by atoms with Crippen molar-refractivity contribution in [3.8, 4) is 0 Å². The maximum Gasteiger partial charge on any atom is 0.254 e. The first-order valence-corrected chi connectivity index (χ1v) is 7.91. The summed E-state index contributed by atoms with van der Waals surface area (Å²) in [4.78, 5) is 20.4. The third-order valence-corrected chi connectivity index (χ3v) is 3.77. The Labute approximate surface area is 137 Å². The van der Waals surface area contributed by atoms with Gasteiger partial charge in [-0.15, -0.1) is 0 Å². The molecule has 23 heavy (non-hydrogen) atoms. The van der Waals surface area contributed by atoms with E-state index in [1.54, 1.807) is 12.4 Å². The van der Waals surface area contributed by atoms with Gasteiger partial charge in [-0.25, -0.2) is 9.97 Å². The number of nitrogens with zero attached hydrogens (tertiary/aromatic N) is 2. The highest BCUT2D eigenvalue weighted by Crippen LogP contribution is 2.20. The van der Waals surface area contributed by atoms with Gasteiger partial charge in [0.25, 0.3) is 5.91 Å². The first kappa shape index (κ1) is 16.9. The van der Waals surface area contributed by atoms with E-state index in [1.165, 1.54) is 5.56 Å². The van der Waals surface area contributed by atoms with Gasteiger partial charge in [-0.2, -0.15) is 0 Å². The van der Waals surface area contributed by atoms with Crippen LogP contribution in [0.5, 0.6) is 0 Å². The minimum absolute atomic E-state index is 0.135. The molecule has 0 fully saturated rings. The van der Waals surface area contributed by atoms with Crippen molar-refractivity contribution >= 4 is 17.5 Å². The first-order valence-electron chi connectivity index (χ1n) is 7.91. The lowest BCUT2D eigenvalue weighted by Crippen LogP contribution is -2.25. The van der Waals surface area contributed by atoms with Crippen molar-refractivity contribution in [1.29, 1.82) is 0 Å². The number of nitrogens with one attached hydrogen (secondary N) is 2. The molecule has 122 valence electrons. The summed E-state index contributed by atoms with van der Waals surface area (Å²) in [7, 11) is 0. The van der Waals surface area contributed by atoms with Crippen molar-refractivity contribution in [2.45, 2.75) is 34.1 Å². The van der Waals surface area contributed by atoms with Crippen LogP contribution in [0.2, 0.25) is 0 Å². The van der Waals surface area contributed by atoms with Crippen LogP contribution in [0.4, 0.5) is 11.6 Å². The quantitative estimate of drug-likeness (QED) is 0.855. The van der Waals surface area contributed by atoms with E-state index in [9.17, 15) is 4.79 Å². The highest BCUT2D eigenvalue weighted by molar-refractivity contribution is 5.93. The second-order valence-electron chi connectivity index (χ2n) is 6.11. The van der Waals surface area contributed by atoms with E-state index in [2.05, 4.69) is 47.4 Å². The molecule has 5 heteroatoms. The summed E-state index contributed by atoms with van der Waals surface area (Å²) in [6.07, 6.45) is 4.05. The van der Waals surface area contributed by atoms with Gasteiger partial charge in [-0.05, 0) is 43.4 Å². The molecule has 1 heterocycles. The van der Waals surface area contributed by atoms with Crippen molar-refractivity contribution in [2.75, 3.05) is 11.9 Å². The Hall–Kier alpha value is -2.43. The normalized spacial score (nSPS) is 10.7. The molecular formula is C18H24N4O. The van der Waals surface area contributed by atoms with Crippen LogP contribution in [0.25, 0.3) is 0 Å². The van der Waals surface area contributed by atoms with Crippen molar-refractivity contribution < 1.29 is 4.79 Å². The third-order valence-electron chi connectivity index (χ3n) is 3.77. The van der Waals surface area contributed by atoms with Gasteiger partial charge in [-0.1, -0.05) is 26.0 Å². The number of aryl methyl sites for hydroxylation is 1. The largest absolute Gasteiger partial charge is 0.352 e. The van der Waals surface area contributed by atoms with E-state index in [4.69, 9.17) is 0 Å². The number of hydrogen-bond acceptors (Lipinski definition) is 4. The van der Waals surface area contributed by atoms with Crippen molar-refractivity contribution in [2.24, 2.45) is 5.92 Å². The zero-order chi connectivity index (χ0) is 16.8. The summed E-state index contributed by atoms with van der Waals surface area (Å²) in [5.74, 6) is 0.914. The molecule has 0 atom stereocenters. The summed E-state index contributed by atoms with van der Waals surface area (Å²) in [6, 6.07) is 6.03. The Bertz CT molecular complexity index is 665. The molecule has 2 N–H and O–H groups in total. The third kappa shape index (κ3) is 4.77. The number of benzene rings is 1. The maximum atomic E-state index is 12.0. The molecule has 1 aromatic heterocycles. The number of amides is 1. The average molecular weight is 312 g/mol. The molecule has 0 saturated carbocycles. The van der Waals surface area contributed by atoms with Crippen LogP contribution >= 0.6 is 0 Å². The average Bonchev–Trinajstić information content (AvgIpc) is 2.52. The van der Waals surface area contributed by atoms with Gasteiger partial charge in [0, 0.05) is 24.6 Å². The van der Waals surface area contributed by atoms with Gasteiger partial charge in [0.2, 0.25) is 5.95 Å². The van der Waals surface area contributed by atoms with E-state index in [0.29, 0.717) is 24.0 Å². The fourth-order valence-electron chi connectivity index (χ4n) is 2.09. The van der Waals surface area contributed by atoms with Crippen molar-refractivity contribution in [3.63, 3.8) is 0 Å². The highest BCUT2D eigenvalue weighted by atomic mass is 16.1. The fraction of sp³-hybridized carbons (Fsp3) is 0.389. The van der Waals surface area contributed by atoms with Crippen molar-refractivity contribution in [1.82, 2.24) is 15.3 Å². The smallest absolute Gasteiger partial charge is 0.254 e. The molecule has 0 unspecified atom stereocenters. The van der Waals surface area contributed by atoms with Crippen LogP contribution in [0.3, 0.4) is 0 Å². The van der Waals surface area contributed by atoms with Crippen LogP contribution in [0.1, 0.15) is 41.8 Å². The van der Waals surface area contributed by atoms with E-state index >= 15 is 0 Å². The summed E-state index contributed by atoms with van der Waals surface area (Å²) in [5, 5.41) is 6.06. The molecule has 0 aliphatic heterocycles. The molecule has 5 nitrogen and oxygen atoms in total.